The van der Waals surface area contributed by atoms with Gasteiger partial charge in [-0.25, -0.2) is 0 Å². The van der Waals surface area contributed by atoms with Crippen molar-refractivity contribution >= 4 is 66.8 Å². The van der Waals surface area contributed by atoms with Crippen LogP contribution in [-0.4, -0.2) is 40.3 Å². The number of allylic oxidation sites excluding steroid dienone is 3. The predicted octanol–water partition coefficient (Wildman–Crippen LogP) is 3.08. The number of nitrogens with zero attached hydrogens (tertiary/aromatic N) is 2. The summed E-state index contributed by atoms with van der Waals surface area (Å²) >= 11 is 8.92. The number of thiocarbonyl (C=S) groups is 2. The third-order valence-electron chi connectivity index (χ3n) is 3.83. The fourth-order valence-corrected chi connectivity index (χ4v) is 5.38. The Labute approximate surface area is 172 Å². The second kappa shape index (κ2) is 8.48. The summed E-state index contributed by atoms with van der Waals surface area (Å²) in [6.45, 7) is 0. The molecule has 1 atom stereocenters. The molecule has 28 heavy (non-hydrogen) atoms. The normalized spacial score (nSPS) is 18.8. The van der Waals surface area contributed by atoms with Gasteiger partial charge in [0.15, 0.2) is 0 Å². The zero-order valence-electron chi connectivity index (χ0n) is 13.8. The van der Waals surface area contributed by atoms with E-state index in [-0.39, 0.29) is 5.70 Å². The van der Waals surface area contributed by atoms with Gasteiger partial charge in [-0.05, 0) is 54.3 Å². The topological polar surface area (TPSA) is 133 Å². The SMILES string of the molecule is O=S(=O)(O)C1(S(=O)(=O)O)C=C(N=C=S)C=C[C@H]1C=Cc1ccc(N=C=S)cc1. The molecule has 1 aliphatic carbocycles. The van der Waals surface area contributed by atoms with Gasteiger partial charge in [-0.15, -0.1) is 0 Å². The quantitative estimate of drug-likeness (QED) is 0.379. The van der Waals surface area contributed by atoms with Crippen LogP contribution in [0, 0.1) is 5.92 Å². The van der Waals surface area contributed by atoms with E-state index in [0.717, 1.165) is 6.08 Å². The highest BCUT2D eigenvalue weighted by Crippen LogP contribution is 2.40. The fraction of sp³-hybridized carbons (Fsp3) is 0.125. The first-order valence-corrected chi connectivity index (χ1v) is 11.0. The molecular weight excluding hydrogens is 444 g/mol. The molecule has 8 nitrogen and oxygen atoms in total. The molecule has 0 radical (unpaired) electrons. The lowest BCUT2D eigenvalue weighted by atomic mass is 9.96. The number of hydrogen-bond donors (Lipinski definition) is 2. The Morgan fingerprint density at radius 3 is 2.07 bits per heavy atom. The Morgan fingerprint density at radius 2 is 1.57 bits per heavy atom. The molecule has 0 spiro atoms. The molecule has 1 aromatic rings. The van der Waals surface area contributed by atoms with E-state index in [1.54, 1.807) is 24.3 Å². The summed E-state index contributed by atoms with van der Waals surface area (Å²) in [7, 11) is -10.7. The first-order chi connectivity index (χ1) is 13.0. The van der Waals surface area contributed by atoms with Gasteiger partial charge in [0.25, 0.3) is 24.3 Å². The van der Waals surface area contributed by atoms with Gasteiger partial charge in [0, 0.05) is 5.92 Å². The van der Waals surface area contributed by atoms with Crippen LogP contribution in [0.25, 0.3) is 6.08 Å². The molecule has 146 valence electrons. The van der Waals surface area contributed by atoms with Gasteiger partial charge >= 0.3 is 0 Å². The van der Waals surface area contributed by atoms with Gasteiger partial charge in [0.05, 0.1) is 21.7 Å². The molecular formula is C16H12N2O6S4. The van der Waals surface area contributed by atoms with Crippen LogP contribution in [-0.2, 0) is 20.2 Å². The maximum absolute atomic E-state index is 12.0. The third-order valence-corrected chi connectivity index (χ3v) is 7.67. The van der Waals surface area contributed by atoms with E-state index in [1.165, 1.54) is 18.2 Å². The Hall–Kier alpha value is -2.14. The van der Waals surface area contributed by atoms with Gasteiger partial charge in [0.1, 0.15) is 0 Å². The van der Waals surface area contributed by atoms with Crippen molar-refractivity contribution in [3.05, 3.63) is 59.8 Å². The summed E-state index contributed by atoms with van der Waals surface area (Å²) in [6.07, 6.45) is 5.70. The van der Waals surface area contributed by atoms with Crippen LogP contribution in [0.3, 0.4) is 0 Å². The maximum Gasteiger partial charge on any atom is 0.292 e. The number of benzene rings is 1. The second-order valence-electron chi connectivity index (χ2n) is 5.48. The van der Waals surface area contributed by atoms with E-state index in [0.29, 0.717) is 17.3 Å². The third kappa shape index (κ3) is 4.46. The van der Waals surface area contributed by atoms with Crippen molar-refractivity contribution in [3.63, 3.8) is 0 Å². The molecule has 0 aliphatic heterocycles. The van der Waals surface area contributed by atoms with E-state index >= 15 is 0 Å². The minimum Gasteiger partial charge on any atom is -0.284 e. The molecule has 2 rings (SSSR count). The van der Waals surface area contributed by atoms with E-state index in [1.807, 2.05) is 5.16 Å². The minimum absolute atomic E-state index is 0.197. The van der Waals surface area contributed by atoms with Crippen molar-refractivity contribution in [1.82, 2.24) is 0 Å². The molecule has 1 aromatic carbocycles. The van der Waals surface area contributed by atoms with E-state index in [4.69, 9.17) is 0 Å². The van der Waals surface area contributed by atoms with Crippen molar-refractivity contribution < 1.29 is 25.9 Å². The summed E-state index contributed by atoms with van der Waals surface area (Å²) < 4.78 is 64.4. The molecule has 0 amide bonds. The highest BCUT2D eigenvalue weighted by molar-refractivity contribution is 8.05. The zero-order chi connectivity index (χ0) is 21.0. The molecule has 1 aliphatic rings. The van der Waals surface area contributed by atoms with Crippen LogP contribution in [0.1, 0.15) is 5.56 Å². The van der Waals surface area contributed by atoms with Crippen molar-refractivity contribution in [2.45, 2.75) is 4.08 Å². The van der Waals surface area contributed by atoms with Crippen molar-refractivity contribution in [3.8, 4) is 0 Å². The number of rotatable bonds is 6. The molecule has 0 heterocycles. The van der Waals surface area contributed by atoms with Crippen LogP contribution < -0.4 is 0 Å². The average Bonchev–Trinajstić information content (AvgIpc) is 2.60. The molecule has 12 heteroatoms. The Kier molecular flexibility index (Phi) is 6.71. The maximum atomic E-state index is 12.0. The zero-order valence-corrected chi connectivity index (χ0v) is 17.1. The smallest absolute Gasteiger partial charge is 0.284 e. The lowest BCUT2D eigenvalue weighted by molar-refractivity contribution is 0.424. The van der Waals surface area contributed by atoms with Gasteiger partial charge in [-0.3, -0.25) is 9.11 Å². The van der Waals surface area contributed by atoms with Crippen molar-refractivity contribution in [2.75, 3.05) is 0 Å². The van der Waals surface area contributed by atoms with E-state index in [2.05, 4.69) is 39.6 Å². The summed E-state index contributed by atoms with van der Waals surface area (Å²) in [5.41, 5.74) is 0.917. The van der Waals surface area contributed by atoms with Crippen LogP contribution in [0.4, 0.5) is 5.69 Å². The molecule has 0 fully saturated rings. The fourth-order valence-electron chi connectivity index (χ4n) is 2.56. The summed E-state index contributed by atoms with van der Waals surface area (Å²) in [5.74, 6) is -1.46. The monoisotopic (exact) mass is 456 g/mol. The number of hydrogen-bond acceptors (Lipinski definition) is 8. The average molecular weight is 457 g/mol. The first kappa shape index (κ1) is 22.2. The predicted molar refractivity (Wildman–Crippen MR) is 112 cm³/mol. The number of isothiocyanates is 2. The minimum atomic E-state index is -5.34. The molecule has 2 N–H and O–H groups in total. The lowest BCUT2D eigenvalue weighted by Gasteiger charge is -2.31. The lowest BCUT2D eigenvalue weighted by Crippen LogP contribution is -2.50. The van der Waals surface area contributed by atoms with Crippen LogP contribution in [0.2, 0.25) is 0 Å². The highest BCUT2D eigenvalue weighted by atomic mass is 32.3. The highest BCUT2D eigenvalue weighted by Gasteiger charge is 2.58. The Bertz CT molecular complexity index is 1140. The van der Waals surface area contributed by atoms with E-state index < -0.39 is 30.2 Å². The Morgan fingerprint density at radius 1 is 1.00 bits per heavy atom. The number of aliphatic imine (C=N–C) groups is 2. The van der Waals surface area contributed by atoms with Gasteiger partial charge in [-0.2, -0.15) is 26.8 Å². The summed E-state index contributed by atoms with van der Waals surface area (Å²) in [4.78, 5) is 7.31. The molecule has 0 saturated carbocycles. The first-order valence-electron chi connectivity index (χ1n) is 7.34. The summed E-state index contributed by atoms with van der Waals surface area (Å²) in [6, 6.07) is 6.46. The summed E-state index contributed by atoms with van der Waals surface area (Å²) in [5, 5.41) is 4.17. The molecule has 0 bridgehead atoms. The van der Waals surface area contributed by atoms with Gasteiger partial charge in [-0.1, -0.05) is 30.4 Å². The van der Waals surface area contributed by atoms with Crippen LogP contribution in [0.15, 0.2) is 64.3 Å². The van der Waals surface area contributed by atoms with Crippen LogP contribution in [0.5, 0.6) is 0 Å². The van der Waals surface area contributed by atoms with Gasteiger partial charge < -0.3 is 0 Å². The molecule has 0 saturated heterocycles. The second-order valence-corrected chi connectivity index (χ2v) is 9.36. The molecule has 0 unspecified atom stereocenters. The Balaban J connectivity index is 2.59. The van der Waals surface area contributed by atoms with Gasteiger partial charge in [0.2, 0.25) is 0 Å². The largest absolute Gasteiger partial charge is 0.292 e. The standard InChI is InChI=1S/C16H12N2O6S4/c19-27(20,21)16(28(22,23)24)9-15(18-11-26)8-5-13(16)4-1-12-2-6-14(7-3-12)17-10-25/h1-9,13H,(H,19,20,21)(H,22,23,24)/t13-/m1/s1. The van der Waals surface area contributed by atoms with Crippen molar-refractivity contribution in [1.29, 1.82) is 0 Å². The van der Waals surface area contributed by atoms with Crippen molar-refractivity contribution in [2.24, 2.45) is 15.9 Å². The van der Waals surface area contributed by atoms with E-state index in [9.17, 15) is 25.9 Å². The molecule has 0 aromatic heterocycles. The van der Waals surface area contributed by atoms with Crippen LogP contribution >= 0.6 is 24.4 Å².